The molecule has 0 bridgehead atoms. The van der Waals surface area contributed by atoms with Crippen molar-refractivity contribution in [2.45, 2.75) is 13.0 Å². The molecule has 20 heavy (non-hydrogen) atoms. The van der Waals surface area contributed by atoms with Gasteiger partial charge in [0.15, 0.2) is 16.6 Å². The molecule has 0 fully saturated rings. The lowest BCUT2D eigenvalue weighted by molar-refractivity contribution is 0.174. The van der Waals surface area contributed by atoms with Gasteiger partial charge in [0, 0.05) is 12.1 Å². The van der Waals surface area contributed by atoms with E-state index >= 15 is 0 Å². The predicted molar refractivity (Wildman–Crippen MR) is 74.4 cm³/mol. The van der Waals surface area contributed by atoms with Crippen LogP contribution in [0.2, 0.25) is 0 Å². The van der Waals surface area contributed by atoms with Crippen LogP contribution in [0.4, 0.5) is 9.93 Å². The second-order valence-electron chi connectivity index (χ2n) is 4.37. The molecule has 106 valence electrons. The summed E-state index contributed by atoms with van der Waals surface area (Å²) in [6, 6.07) is 2.92. The van der Waals surface area contributed by atoms with Gasteiger partial charge in [0.05, 0.1) is 22.9 Å². The molecule has 0 aliphatic carbocycles. The number of rotatable bonds is 3. The zero-order valence-electron chi connectivity index (χ0n) is 10.7. The molecule has 1 aromatic heterocycles. The fourth-order valence-corrected chi connectivity index (χ4v) is 2.65. The Kier molecular flexibility index (Phi) is 3.33. The van der Waals surface area contributed by atoms with Crippen molar-refractivity contribution < 1.29 is 19.4 Å². The maximum atomic E-state index is 11.6. The standard InChI is InChI=1S/C12H13N3O4S/c1-6(4-16)13-11(17)15-12-14-7-2-8-9(19-5-18-8)3-10(7)20-12/h2-3,6,16H,4-5H2,1H3,(H2,13,14,15,17). The lowest BCUT2D eigenvalue weighted by Gasteiger charge is -2.09. The minimum absolute atomic E-state index is 0.116. The van der Waals surface area contributed by atoms with Crippen molar-refractivity contribution in [1.82, 2.24) is 10.3 Å². The lowest BCUT2D eigenvalue weighted by Crippen LogP contribution is -2.38. The van der Waals surface area contributed by atoms with Crippen molar-refractivity contribution in [3.63, 3.8) is 0 Å². The van der Waals surface area contributed by atoms with E-state index in [1.165, 1.54) is 11.3 Å². The number of urea groups is 1. The largest absolute Gasteiger partial charge is 0.454 e. The molecule has 1 aromatic carbocycles. The first kappa shape index (κ1) is 12.9. The Morgan fingerprint density at radius 2 is 2.25 bits per heavy atom. The van der Waals surface area contributed by atoms with Gasteiger partial charge >= 0.3 is 6.03 Å². The van der Waals surface area contributed by atoms with Crippen molar-refractivity contribution >= 4 is 32.7 Å². The van der Waals surface area contributed by atoms with Crippen LogP contribution in [0.5, 0.6) is 11.5 Å². The number of aliphatic hydroxyl groups excluding tert-OH is 1. The molecular weight excluding hydrogens is 282 g/mol. The van der Waals surface area contributed by atoms with Crippen LogP contribution in [0.3, 0.4) is 0 Å². The molecule has 0 spiro atoms. The molecule has 2 amide bonds. The van der Waals surface area contributed by atoms with Crippen LogP contribution < -0.4 is 20.1 Å². The van der Waals surface area contributed by atoms with E-state index in [0.717, 1.165) is 10.2 Å². The number of carbonyl (C=O) groups is 1. The molecule has 1 aliphatic rings. The maximum absolute atomic E-state index is 11.6. The first-order valence-corrected chi connectivity index (χ1v) is 6.86. The van der Waals surface area contributed by atoms with Gasteiger partial charge in [-0.15, -0.1) is 0 Å². The fraction of sp³-hybridized carbons (Fsp3) is 0.333. The predicted octanol–water partition coefficient (Wildman–Crippen LogP) is 1.53. The molecule has 1 unspecified atom stereocenters. The number of benzene rings is 1. The third-order valence-corrected chi connectivity index (χ3v) is 3.69. The van der Waals surface area contributed by atoms with Crippen LogP contribution in [0.15, 0.2) is 12.1 Å². The first-order chi connectivity index (χ1) is 9.65. The summed E-state index contributed by atoms with van der Waals surface area (Å²) in [4.78, 5) is 16.0. The number of nitrogens with zero attached hydrogens (tertiary/aromatic N) is 1. The Bertz CT molecular complexity index is 616. The van der Waals surface area contributed by atoms with E-state index in [1.54, 1.807) is 13.0 Å². The minimum Gasteiger partial charge on any atom is -0.454 e. The quantitative estimate of drug-likeness (QED) is 0.798. The number of ether oxygens (including phenoxy) is 2. The fourth-order valence-electron chi connectivity index (χ4n) is 1.77. The highest BCUT2D eigenvalue weighted by Gasteiger charge is 2.17. The van der Waals surface area contributed by atoms with Gasteiger partial charge in [0.2, 0.25) is 6.79 Å². The highest BCUT2D eigenvalue weighted by atomic mass is 32.1. The average molecular weight is 295 g/mol. The summed E-state index contributed by atoms with van der Waals surface area (Å²) in [5.74, 6) is 1.35. The Labute approximate surface area is 118 Å². The van der Waals surface area contributed by atoms with Crippen LogP contribution in [-0.4, -0.2) is 35.6 Å². The monoisotopic (exact) mass is 295 g/mol. The van der Waals surface area contributed by atoms with Crippen LogP contribution >= 0.6 is 11.3 Å². The van der Waals surface area contributed by atoms with Crippen LogP contribution in [0.25, 0.3) is 10.2 Å². The van der Waals surface area contributed by atoms with E-state index in [1.807, 2.05) is 6.07 Å². The number of aromatic nitrogens is 1. The molecule has 8 heteroatoms. The SMILES string of the molecule is CC(CO)NC(=O)Nc1nc2cc3c(cc2s1)OCO3. The van der Waals surface area contributed by atoms with E-state index in [0.29, 0.717) is 16.6 Å². The normalized spacial score (nSPS) is 14.3. The zero-order chi connectivity index (χ0) is 14.1. The number of amides is 2. The van der Waals surface area contributed by atoms with Gasteiger partial charge in [-0.1, -0.05) is 11.3 Å². The Morgan fingerprint density at radius 3 is 3.00 bits per heavy atom. The van der Waals surface area contributed by atoms with E-state index in [9.17, 15) is 4.79 Å². The molecule has 1 atom stereocenters. The van der Waals surface area contributed by atoms with Crippen LogP contribution in [-0.2, 0) is 0 Å². The summed E-state index contributed by atoms with van der Waals surface area (Å²) in [6.07, 6.45) is 0. The van der Waals surface area contributed by atoms with Crippen molar-refractivity contribution in [2.24, 2.45) is 0 Å². The Hall–Kier alpha value is -2.06. The Morgan fingerprint density at radius 1 is 1.50 bits per heavy atom. The smallest absolute Gasteiger partial charge is 0.321 e. The summed E-state index contributed by atoms with van der Waals surface area (Å²) >= 11 is 1.35. The molecule has 2 aromatic rings. The third kappa shape index (κ3) is 2.47. The van der Waals surface area contributed by atoms with Crippen LogP contribution in [0, 0.1) is 0 Å². The second-order valence-corrected chi connectivity index (χ2v) is 5.40. The number of carbonyl (C=O) groups excluding carboxylic acids is 1. The van der Waals surface area contributed by atoms with Gasteiger partial charge in [0.25, 0.3) is 0 Å². The second kappa shape index (κ2) is 5.14. The minimum atomic E-state index is -0.398. The van der Waals surface area contributed by atoms with Gasteiger partial charge in [-0.25, -0.2) is 9.78 Å². The van der Waals surface area contributed by atoms with Crippen molar-refractivity contribution in [1.29, 1.82) is 0 Å². The Balaban J connectivity index is 1.78. The molecule has 3 rings (SSSR count). The van der Waals surface area contributed by atoms with Gasteiger partial charge in [-0.05, 0) is 6.92 Å². The van der Waals surface area contributed by atoms with E-state index in [2.05, 4.69) is 15.6 Å². The molecule has 0 radical (unpaired) electrons. The van der Waals surface area contributed by atoms with Gasteiger partial charge in [-0.3, -0.25) is 5.32 Å². The summed E-state index contributed by atoms with van der Waals surface area (Å²) in [5.41, 5.74) is 0.741. The summed E-state index contributed by atoms with van der Waals surface area (Å²) in [7, 11) is 0. The molecule has 0 saturated carbocycles. The van der Waals surface area contributed by atoms with Crippen molar-refractivity contribution in [3.8, 4) is 11.5 Å². The maximum Gasteiger partial charge on any atom is 0.321 e. The molecule has 0 saturated heterocycles. The van der Waals surface area contributed by atoms with E-state index in [4.69, 9.17) is 14.6 Å². The van der Waals surface area contributed by atoms with Crippen molar-refractivity contribution in [3.05, 3.63) is 12.1 Å². The molecule has 1 aliphatic heterocycles. The third-order valence-electron chi connectivity index (χ3n) is 2.75. The van der Waals surface area contributed by atoms with Gasteiger partial charge in [0.1, 0.15) is 0 Å². The average Bonchev–Trinajstić information content (AvgIpc) is 3.00. The van der Waals surface area contributed by atoms with Gasteiger partial charge in [-0.2, -0.15) is 0 Å². The lowest BCUT2D eigenvalue weighted by atomic mass is 10.3. The van der Waals surface area contributed by atoms with E-state index < -0.39 is 6.03 Å². The summed E-state index contributed by atoms with van der Waals surface area (Å²) in [5, 5.41) is 14.6. The van der Waals surface area contributed by atoms with Gasteiger partial charge < -0.3 is 19.9 Å². The number of hydrogen-bond acceptors (Lipinski definition) is 6. The number of nitrogens with one attached hydrogen (secondary N) is 2. The topological polar surface area (TPSA) is 92.7 Å². The number of fused-ring (bicyclic) bond motifs is 2. The molecule has 2 heterocycles. The molecule has 7 nitrogen and oxygen atoms in total. The number of anilines is 1. The highest BCUT2D eigenvalue weighted by Crippen LogP contribution is 2.38. The number of aliphatic hydroxyl groups is 1. The summed E-state index contributed by atoms with van der Waals surface area (Å²) in [6.45, 7) is 1.81. The summed E-state index contributed by atoms with van der Waals surface area (Å²) < 4.78 is 11.5. The first-order valence-electron chi connectivity index (χ1n) is 6.04. The number of hydrogen-bond donors (Lipinski definition) is 3. The highest BCUT2D eigenvalue weighted by molar-refractivity contribution is 7.22. The van der Waals surface area contributed by atoms with E-state index in [-0.39, 0.29) is 19.4 Å². The molecule has 3 N–H and O–H groups in total. The van der Waals surface area contributed by atoms with Crippen LogP contribution in [0.1, 0.15) is 6.92 Å². The molecular formula is C12H13N3O4S. The zero-order valence-corrected chi connectivity index (χ0v) is 11.5. The van der Waals surface area contributed by atoms with Crippen molar-refractivity contribution in [2.75, 3.05) is 18.7 Å². The number of thiazole rings is 1.